The number of nitrogens with zero attached hydrogens (tertiary/aromatic N) is 3. The van der Waals surface area contributed by atoms with Crippen LogP contribution in [-0.4, -0.2) is 120 Å². The highest BCUT2D eigenvalue weighted by atomic mass is 16.6. The lowest BCUT2D eigenvalue weighted by Crippen LogP contribution is -2.50. The van der Waals surface area contributed by atoms with Crippen LogP contribution in [0.1, 0.15) is 107 Å². The average Bonchev–Trinajstić information content (AvgIpc) is 3.57. The summed E-state index contributed by atoms with van der Waals surface area (Å²) >= 11 is 0. The molecule has 280 valence electrons. The number of likely N-dealkylation sites (N-methyl/N-ethyl adjacent to an activating group) is 1. The average molecular weight is 682 g/mol. The van der Waals surface area contributed by atoms with Crippen molar-refractivity contribution < 1.29 is 34.1 Å². The van der Waals surface area contributed by atoms with E-state index in [0.717, 1.165) is 52.0 Å². The molecule has 0 radical (unpaired) electrons. The van der Waals surface area contributed by atoms with Crippen molar-refractivity contribution in [3.05, 3.63) is 13.2 Å². The second-order valence-corrected chi connectivity index (χ2v) is 14.8. The lowest BCUT2D eigenvalue weighted by Gasteiger charge is -2.41. The zero-order valence-electron chi connectivity index (χ0n) is 31.9. The van der Waals surface area contributed by atoms with Crippen molar-refractivity contribution in [3.8, 4) is 0 Å². The fraction of sp³-hybridized carbons (Fsp3) is 0.868. The molecular formula is C38H71N3O7. The third-order valence-electron chi connectivity index (χ3n) is 10.6. The Hall–Kier alpha value is -1.85. The first-order valence-electron chi connectivity index (χ1n) is 18.6. The SMILES string of the molecule is C=C.CC.C[C@@H]1C[C@@H](O)CCC(=O)C(C)(C)C(=O)OC[C@@H](C2CCN(C(=O)CN3CCCC3)CC2)N(C)C1.C[C@H]1[C@H](O)O[C@H](C)C[C@@H]1C. The van der Waals surface area contributed by atoms with Gasteiger partial charge < -0.3 is 24.6 Å². The number of hydrogen-bond acceptors (Lipinski definition) is 9. The smallest absolute Gasteiger partial charge is 0.319 e. The molecule has 4 saturated heterocycles. The first-order valence-corrected chi connectivity index (χ1v) is 18.6. The van der Waals surface area contributed by atoms with E-state index in [4.69, 9.17) is 9.47 Å². The van der Waals surface area contributed by atoms with E-state index >= 15 is 0 Å². The van der Waals surface area contributed by atoms with Crippen LogP contribution in [0.2, 0.25) is 0 Å². The molecule has 0 aromatic rings. The van der Waals surface area contributed by atoms with Crippen LogP contribution in [0, 0.1) is 29.1 Å². The Kier molecular flexibility index (Phi) is 20.3. The Labute approximate surface area is 292 Å². The van der Waals surface area contributed by atoms with Crippen LogP contribution < -0.4 is 0 Å². The molecule has 0 spiro atoms. The minimum Gasteiger partial charge on any atom is -0.463 e. The molecule has 4 aliphatic heterocycles. The van der Waals surface area contributed by atoms with E-state index in [0.29, 0.717) is 31.2 Å². The van der Waals surface area contributed by atoms with Gasteiger partial charge in [0.2, 0.25) is 5.91 Å². The van der Waals surface area contributed by atoms with Crippen molar-refractivity contribution in [2.45, 2.75) is 131 Å². The lowest BCUT2D eigenvalue weighted by atomic mass is 9.85. The maximum Gasteiger partial charge on any atom is 0.319 e. The van der Waals surface area contributed by atoms with Gasteiger partial charge in [0.15, 0.2) is 6.29 Å². The van der Waals surface area contributed by atoms with Crippen molar-refractivity contribution in [2.75, 3.05) is 52.9 Å². The van der Waals surface area contributed by atoms with Gasteiger partial charge in [-0.05, 0) is 104 Å². The van der Waals surface area contributed by atoms with Crippen LogP contribution in [0.4, 0.5) is 0 Å². The largest absolute Gasteiger partial charge is 0.463 e. The molecular weight excluding hydrogens is 610 g/mol. The fourth-order valence-corrected chi connectivity index (χ4v) is 7.18. The van der Waals surface area contributed by atoms with Gasteiger partial charge >= 0.3 is 5.97 Å². The van der Waals surface area contributed by atoms with Gasteiger partial charge in [0, 0.05) is 38.0 Å². The van der Waals surface area contributed by atoms with Crippen LogP contribution in [0.5, 0.6) is 0 Å². The molecule has 4 heterocycles. The number of ketones is 1. The summed E-state index contributed by atoms with van der Waals surface area (Å²) in [5.74, 6) is 0.973. The van der Waals surface area contributed by atoms with E-state index in [2.05, 4.69) is 43.9 Å². The van der Waals surface area contributed by atoms with Crippen molar-refractivity contribution in [2.24, 2.45) is 29.1 Å². The number of carbonyl (C=O) groups is 3. The Morgan fingerprint density at radius 2 is 1.52 bits per heavy atom. The van der Waals surface area contributed by atoms with E-state index in [1.54, 1.807) is 13.8 Å². The molecule has 0 aromatic heterocycles. The molecule has 0 saturated carbocycles. The summed E-state index contributed by atoms with van der Waals surface area (Å²) in [5.41, 5.74) is -1.21. The summed E-state index contributed by atoms with van der Waals surface area (Å²) in [4.78, 5) is 44.8. The molecule has 48 heavy (non-hydrogen) atoms. The molecule has 4 fully saturated rings. The second-order valence-electron chi connectivity index (χ2n) is 14.8. The van der Waals surface area contributed by atoms with Gasteiger partial charge in [-0.25, -0.2) is 0 Å². The van der Waals surface area contributed by atoms with Crippen LogP contribution in [0.15, 0.2) is 13.2 Å². The number of carbonyl (C=O) groups excluding carboxylic acids is 3. The monoisotopic (exact) mass is 682 g/mol. The van der Waals surface area contributed by atoms with Gasteiger partial charge in [0.25, 0.3) is 0 Å². The highest BCUT2D eigenvalue weighted by Gasteiger charge is 2.39. The molecule has 0 aliphatic carbocycles. The quantitative estimate of drug-likeness (QED) is 0.237. The minimum absolute atomic E-state index is 0.0195. The molecule has 4 aliphatic rings. The van der Waals surface area contributed by atoms with Crippen molar-refractivity contribution in [1.29, 1.82) is 0 Å². The number of rotatable bonds is 3. The summed E-state index contributed by atoms with van der Waals surface area (Å²) in [6, 6.07) is 0.0195. The number of aliphatic hydroxyl groups excluding tert-OH is 2. The summed E-state index contributed by atoms with van der Waals surface area (Å²) < 4.78 is 11.0. The third-order valence-corrected chi connectivity index (χ3v) is 10.6. The number of aliphatic hydroxyl groups is 2. The van der Waals surface area contributed by atoms with Crippen LogP contribution in [0.3, 0.4) is 0 Å². The molecule has 4 rings (SSSR count). The number of esters is 1. The van der Waals surface area contributed by atoms with Gasteiger partial charge in [0.05, 0.1) is 18.8 Å². The van der Waals surface area contributed by atoms with Crippen molar-refractivity contribution in [1.82, 2.24) is 14.7 Å². The number of amides is 1. The topological polar surface area (TPSA) is 120 Å². The van der Waals surface area contributed by atoms with Gasteiger partial charge in [-0.2, -0.15) is 0 Å². The number of hydrogen-bond donors (Lipinski definition) is 2. The maximum absolute atomic E-state index is 12.9. The first-order chi connectivity index (χ1) is 22.7. The normalized spacial score (nSPS) is 32.7. The van der Waals surface area contributed by atoms with Gasteiger partial charge in [-0.1, -0.05) is 34.6 Å². The molecule has 7 atom stereocenters. The summed E-state index contributed by atoms with van der Waals surface area (Å²) in [5, 5.41) is 19.7. The van der Waals surface area contributed by atoms with E-state index in [-0.39, 0.29) is 48.7 Å². The van der Waals surface area contributed by atoms with Gasteiger partial charge in [-0.3, -0.25) is 24.2 Å². The minimum atomic E-state index is -1.21. The number of Topliss-reactive ketones (excluding diaryl/α,β-unsaturated/α-hetero) is 1. The van der Waals surface area contributed by atoms with Crippen LogP contribution >= 0.6 is 0 Å². The molecule has 1 amide bonds. The fourth-order valence-electron chi connectivity index (χ4n) is 7.18. The van der Waals surface area contributed by atoms with E-state index in [1.165, 1.54) is 12.8 Å². The Morgan fingerprint density at radius 1 is 0.938 bits per heavy atom. The Balaban J connectivity index is 0.000000691. The molecule has 2 N–H and O–H groups in total. The Bertz CT molecular complexity index is 937. The molecule has 10 heteroatoms. The van der Waals surface area contributed by atoms with E-state index in [1.807, 2.05) is 32.6 Å². The van der Waals surface area contributed by atoms with Gasteiger partial charge in [0.1, 0.15) is 17.8 Å². The molecule has 0 unspecified atom stereocenters. The summed E-state index contributed by atoms with van der Waals surface area (Å²) in [7, 11) is 2.06. The van der Waals surface area contributed by atoms with Crippen LogP contribution in [0.25, 0.3) is 0 Å². The van der Waals surface area contributed by atoms with E-state index < -0.39 is 23.8 Å². The van der Waals surface area contributed by atoms with Gasteiger partial charge in [-0.15, -0.1) is 13.2 Å². The number of likely N-dealkylation sites (tertiary alicyclic amines) is 2. The second kappa shape index (κ2) is 22.1. The van der Waals surface area contributed by atoms with Crippen LogP contribution in [-0.2, 0) is 23.9 Å². The lowest BCUT2D eigenvalue weighted by molar-refractivity contribution is -0.199. The molecule has 0 bridgehead atoms. The van der Waals surface area contributed by atoms with Crippen molar-refractivity contribution in [3.63, 3.8) is 0 Å². The maximum atomic E-state index is 12.9. The number of ether oxygens (including phenoxy) is 2. The number of piperidine rings is 1. The molecule has 10 nitrogen and oxygen atoms in total. The zero-order valence-corrected chi connectivity index (χ0v) is 31.9. The molecule has 0 aromatic carbocycles. The predicted octanol–water partition coefficient (Wildman–Crippen LogP) is 5.15. The summed E-state index contributed by atoms with van der Waals surface area (Å²) in [6.07, 6.45) is 5.48. The summed E-state index contributed by atoms with van der Waals surface area (Å²) in [6.45, 7) is 26.6. The third kappa shape index (κ3) is 13.8. The Morgan fingerprint density at radius 3 is 2.08 bits per heavy atom. The highest BCUT2D eigenvalue weighted by Crippen LogP contribution is 2.30. The standard InChI is InChI=1S/C26H45N3O5.C8H16O2.C2H6.C2H4/c1-19-15-21(30)7-8-23(31)26(2,3)25(33)34-18-22(27(4)16-19)20-9-13-29(14-10-20)24(32)17-28-11-5-6-12-28;1-5-4-6(2)10-8(9)7(5)3;2*1-2/h19-22,30H,5-18H2,1-4H3;5-9H,4H2,1-3H3;1-2H3;1-2H2/t19-,21+,22+;5-,6+,7+,8+;;/m10../s1. The number of cyclic esters (lactones) is 1. The predicted molar refractivity (Wildman–Crippen MR) is 192 cm³/mol. The highest BCUT2D eigenvalue weighted by molar-refractivity contribution is 6.02. The first kappa shape index (κ1) is 44.2. The van der Waals surface area contributed by atoms with E-state index in [9.17, 15) is 24.6 Å². The van der Waals surface area contributed by atoms with Crippen molar-refractivity contribution >= 4 is 17.7 Å². The zero-order chi connectivity index (χ0) is 36.6.